The zero-order valence-electron chi connectivity index (χ0n) is 18.7. The summed E-state index contributed by atoms with van der Waals surface area (Å²) in [4.78, 5) is 26.5. The van der Waals surface area contributed by atoms with E-state index in [9.17, 15) is 9.59 Å². The van der Waals surface area contributed by atoms with E-state index in [0.29, 0.717) is 30.3 Å². The molecule has 4 nitrogen and oxygen atoms in total. The van der Waals surface area contributed by atoms with Crippen molar-refractivity contribution in [2.45, 2.75) is 77.0 Å². The van der Waals surface area contributed by atoms with Crippen molar-refractivity contribution in [1.82, 2.24) is 4.90 Å². The molecule has 2 aliphatic heterocycles. The average molecular weight is 410 g/mol. The highest BCUT2D eigenvalue weighted by atomic mass is 16.5. The minimum absolute atomic E-state index is 0.0167. The van der Waals surface area contributed by atoms with Crippen LogP contribution in [0.15, 0.2) is 24.3 Å². The molecule has 5 rings (SSSR count). The topological polar surface area (TPSA) is 46.6 Å². The fourth-order valence-corrected chi connectivity index (χ4v) is 6.41. The number of carbonyl (C=O) groups is 2. The van der Waals surface area contributed by atoms with Gasteiger partial charge in [0.1, 0.15) is 0 Å². The van der Waals surface area contributed by atoms with E-state index < -0.39 is 0 Å². The van der Waals surface area contributed by atoms with Crippen LogP contribution in [0.2, 0.25) is 0 Å². The third-order valence-corrected chi connectivity index (χ3v) is 8.49. The minimum Gasteiger partial charge on any atom is -0.465 e. The Morgan fingerprint density at radius 3 is 2.37 bits per heavy atom. The summed E-state index contributed by atoms with van der Waals surface area (Å²) < 4.78 is 5.14. The number of hydrogen-bond acceptors (Lipinski definition) is 3. The third kappa shape index (κ3) is 3.46. The first-order valence-corrected chi connectivity index (χ1v) is 11.7. The van der Waals surface area contributed by atoms with Crippen molar-refractivity contribution in [2.75, 3.05) is 19.7 Å². The summed E-state index contributed by atoms with van der Waals surface area (Å²) in [7, 11) is 0. The number of likely N-dealkylation sites (tertiary alicyclic amines) is 1. The monoisotopic (exact) mass is 409 g/mol. The number of hydrogen-bond donors (Lipinski definition) is 0. The molecular formula is C26H35NO3. The fraction of sp³-hybridized carbons (Fsp3) is 0.692. The largest absolute Gasteiger partial charge is 0.465 e. The number of cyclic esters (lactones) is 1. The zero-order chi connectivity index (χ0) is 21.1. The predicted octanol–water partition coefficient (Wildman–Crippen LogP) is 4.81. The van der Waals surface area contributed by atoms with Crippen molar-refractivity contribution in [3.05, 3.63) is 35.4 Å². The molecule has 2 aliphatic carbocycles. The molecule has 1 aromatic rings. The summed E-state index contributed by atoms with van der Waals surface area (Å²) in [5.41, 5.74) is 3.55. The second-order valence-electron chi connectivity index (χ2n) is 11.7. The van der Waals surface area contributed by atoms with Crippen molar-refractivity contribution in [2.24, 2.45) is 16.7 Å². The van der Waals surface area contributed by atoms with Gasteiger partial charge in [0.05, 0.1) is 13.0 Å². The van der Waals surface area contributed by atoms with Crippen LogP contribution >= 0.6 is 0 Å². The molecule has 0 unspecified atom stereocenters. The molecule has 1 aromatic carbocycles. The van der Waals surface area contributed by atoms with Gasteiger partial charge in [0.2, 0.25) is 5.91 Å². The van der Waals surface area contributed by atoms with Crippen LogP contribution < -0.4 is 0 Å². The van der Waals surface area contributed by atoms with Crippen molar-refractivity contribution in [1.29, 1.82) is 0 Å². The van der Waals surface area contributed by atoms with Crippen LogP contribution in [0.25, 0.3) is 0 Å². The van der Waals surface area contributed by atoms with Gasteiger partial charge in [0.25, 0.3) is 0 Å². The molecule has 4 heteroatoms. The first kappa shape index (κ1) is 20.1. The number of ether oxygens (including phenoxy) is 1. The van der Waals surface area contributed by atoms with Gasteiger partial charge in [-0.2, -0.15) is 0 Å². The van der Waals surface area contributed by atoms with E-state index in [0.717, 1.165) is 38.8 Å². The average Bonchev–Trinajstić information content (AvgIpc) is 3.06. The van der Waals surface area contributed by atoms with Gasteiger partial charge in [-0.3, -0.25) is 9.59 Å². The molecule has 2 saturated carbocycles. The maximum Gasteiger partial charge on any atom is 0.306 e. The van der Waals surface area contributed by atoms with Gasteiger partial charge in [0, 0.05) is 24.4 Å². The number of benzene rings is 1. The van der Waals surface area contributed by atoms with Crippen LogP contribution in [-0.2, 0) is 19.7 Å². The van der Waals surface area contributed by atoms with Crippen molar-refractivity contribution >= 4 is 11.9 Å². The molecule has 4 aliphatic rings. The Morgan fingerprint density at radius 1 is 1.07 bits per heavy atom. The highest BCUT2D eigenvalue weighted by molar-refractivity contribution is 5.81. The molecule has 0 radical (unpaired) electrons. The Morgan fingerprint density at radius 2 is 1.77 bits per heavy atom. The summed E-state index contributed by atoms with van der Waals surface area (Å²) in [6.45, 7) is 9.18. The van der Waals surface area contributed by atoms with E-state index in [2.05, 4.69) is 49.9 Å². The number of rotatable bonds is 2. The molecule has 0 aromatic heterocycles. The Hall–Kier alpha value is -1.84. The molecule has 0 bridgehead atoms. The van der Waals surface area contributed by atoms with Gasteiger partial charge in [0.15, 0.2) is 0 Å². The Balaban J connectivity index is 1.12. The molecule has 30 heavy (non-hydrogen) atoms. The first-order chi connectivity index (χ1) is 14.2. The smallest absolute Gasteiger partial charge is 0.306 e. The van der Waals surface area contributed by atoms with Gasteiger partial charge in [-0.15, -0.1) is 0 Å². The number of esters is 1. The zero-order valence-corrected chi connectivity index (χ0v) is 18.7. The van der Waals surface area contributed by atoms with Crippen molar-refractivity contribution in [3.63, 3.8) is 0 Å². The van der Waals surface area contributed by atoms with Gasteiger partial charge in [-0.05, 0) is 66.4 Å². The summed E-state index contributed by atoms with van der Waals surface area (Å²) in [6, 6.07) is 9.19. The van der Waals surface area contributed by atoms with Gasteiger partial charge < -0.3 is 9.64 Å². The number of carbonyl (C=O) groups excluding carboxylic acids is 2. The van der Waals surface area contributed by atoms with Crippen LogP contribution in [0.1, 0.15) is 82.8 Å². The Bertz CT molecular complexity index is 845. The van der Waals surface area contributed by atoms with Crippen molar-refractivity contribution < 1.29 is 14.3 Å². The lowest BCUT2D eigenvalue weighted by atomic mass is 9.55. The van der Waals surface area contributed by atoms with E-state index in [1.54, 1.807) is 0 Å². The maximum atomic E-state index is 12.9. The summed E-state index contributed by atoms with van der Waals surface area (Å²) in [5.74, 6) is 1.03. The van der Waals surface area contributed by atoms with E-state index in [4.69, 9.17) is 4.74 Å². The van der Waals surface area contributed by atoms with Crippen molar-refractivity contribution in [3.8, 4) is 0 Å². The number of nitrogens with zero attached hydrogens (tertiary/aromatic N) is 1. The maximum absolute atomic E-state index is 12.9. The van der Waals surface area contributed by atoms with Crippen LogP contribution in [0, 0.1) is 16.7 Å². The molecule has 162 valence electrons. The summed E-state index contributed by atoms with van der Waals surface area (Å²) >= 11 is 0. The second kappa shape index (κ2) is 6.83. The quantitative estimate of drug-likeness (QED) is 0.658. The van der Waals surface area contributed by atoms with E-state index in [1.807, 2.05) is 0 Å². The number of amides is 1. The standard InChI is InChI=1S/C26H35NO3/c1-24(2,3)21-6-4-5-18(11-21)19-12-25(13-19)7-9-27(10-8-25)23(29)20-14-26(15-20)16-22(28)30-17-26/h4-6,11,19-20H,7-10,12-17H2,1-3H3. The minimum atomic E-state index is -0.0895. The van der Waals surface area contributed by atoms with E-state index in [1.165, 1.54) is 24.0 Å². The fourth-order valence-electron chi connectivity index (χ4n) is 6.41. The highest BCUT2D eigenvalue weighted by Gasteiger charge is 2.54. The van der Waals surface area contributed by atoms with E-state index in [-0.39, 0.29) is 22.7 Å². The lowest BCUT2D eigenvalue weighted by molar-refractivity contribution is -0.147. The lowest BCUT2D eigenvalue weighted by Gasteiger charge is -2.53. The predicted molar refractivity (Wildman–Crippen MR) is 116 cm³/mol. The highest BCUT2D eigenvalue weighted by Crippen LogP contribution is 2.57. The lowest BCUT2D eigenvalue weighted by Crippen LogP contribution is -2.52. The Labute approximate surface area is 180 Å². The molecule has 2 spiro atoms. The molecule has 1 amide bonds. The van der Waals surface area contributed by atoms with Crippen LogP contribution in [0.3, 0.4) is 0 Å². The summed E-state index contributed by atoms with van der Waals surface area (Å²) in [5, 5.41) is 0. The van der Waals surface area contributed by atoms with Gasteiger partial charge in [-0.25, -0.2) is 0 Å². The molecule has 0 N–H and O–H groups in total. The first-order valence-electron chi connectivity index (χ1n) is 11.7. The van der Waals surface area contributed by atoms with Crippen LogP contribution in [0.5, 0.6) is 0 Å². The van der Waals surface area contributed by atoms with E-state index >= 15 is 0 Å². The molecule has 4 fully saturated rings. The molecule has 0 atom stereocenters. The molecular weight excluding hydrogens is 374 g/mol. The molecule has 2 heterocycles. The normalized spacial score (nSPS) is 27.6. The van der Waals surface area contributed by atoms with Crippen LogP contribution in [-0.4, -0.2) is 36.5 Å². The van der Waals surface area contributed by atoms with Crippen LogP contribution in [0.4, 0.5) is 0 Å². The second-order valence-corrected chi connectivity index (χ2v) is 11.7. The van der Waals surface area contributed by atoms with Gasteiger partial charge in [-0.1, -0.05) is 45.0 Å². The molecule has 2 saturated heterocycles. The summed E-state index contributed by atoms with van der Waals surface area (Å²) in [6.07, 6.45) is 7.03. The number of piperidine rings is 1. The van der Waals surface area contributed by atoms with Gasteiger partial charge >= 0.3 is 5.97 Å². The Kier molecular flexibility index (Phi) is 4.57. The third-order valence-electron chi connectivity index (χ3n) is 8.49. The SMILES string of the molecule is CC(C)(C)c1cccc(C2CC3(CCN(C(=O)C4CC5(COC(=O)C5)C4)CC3)C2)c1.